The second-order valence-corrected chi connectivity index (χ2v) is 10.4. The molecule has 0 radical (unpaired) electrons. The summed E-state index contributed by atoms with van der Waals surface area (Å²) in [6.45, 7) is 3.00. The lowest BCUT2D eigenvalue weighted by molar-refractivity contribution is -0.178. The van der Waals surface area contributed by atoms with Crippen LogP contribution < -0.4 is 5.73 Å². The van der Waals surface area contributed by atoms with E-state index in [0.717, 1.165) is 29.4 Å². The maximum Gasteiger partial charge on any atom is 0.435 e. The van der Waals surface area contributed by atoms with Crippen molar-refractivity contribution in [3.8, 4) is 5.69 Å². The maximum absolute atomic E-state index is 14.6. The predicted octanol–water partition coefficient (Wildman–Crippen LogP) is 3.48. The van der Waals surface area contributed by atoms with Crippen LogP contribution in [0.3, 0.4) is 0 Å². The van der Waals surface area contributed by atoms with Gasteiger partial charge in [0.2, 0.25) is 0 Å². The number of halogens is 6. The molecule has 5 unspecified atom stereocenters. The number of aromatic nitrogens is 4. The molecule has 2 saturated heterocycles. The molecule has 2 aliphatic rings. The van der Waals surface area contributed by atoms with Crippen LogP contribution in [0.15, 0.2) is 35.6 Å². The third-order valence-corrected chi connectivity index (χ3v) is 7.49. The van der Waals surface area contributed by atoms with Crippen molar-refractivity contribution >= 4 is 23.4 Å². The monoisotopic (exact) mass is 628 g/mol. The number of allylic oxidation sites excluding steroid dienone is 1. The molecule has 3 aromatic rings. The van der Waals surface area contributed by atoms with Gasteiger partial charge in [0.15, 0.2) is 23.2 Å². The molecule has 1 aromatic carbocycles. The molecular formula is C27H26ClF5N6O4. The van der Waals surface area contributed by atoms with Gasteiger partial charge < -0.3 is 25.4 Å². The van der Waals surface area contributed by atoms with E-state index < -0.39 is 70.8 Å². The number of aryl methyl sites for hydroxylation is 2. The Morgan fingerprint density at radius 2 is 1.98 bits per heavy atom. The van der Waals surface area contributed by atoms with Gasteiger partial charge in [0.05, 0.1) is 17.3 Å². The van der Waals surface area contributed by atoms with Crippen molar-refractivity contribution in [1.82, 2.24) is 19.7 Å². The number of fused-ring (bicyclic) bond motifs is 1. The van der Waals surface area contributed by atoms with Gasteiger partial charge in [0, 0.05) is 29.7 Å². The quantitative estimate of drug-likeness (QED) is 0.214. The van der Waals surface area contributed by atoms with E-state index in [0.29, 0.717) is 12.0 Å². The molecule has 0 bridgehead atoms. The largest absolute Gasteiger partial charge is 0.435 e. The minimum absolute atomic E-state index is 0.0693. The summed E-state index contributed by atoms with van der Waals surface area (Å²) in [7, 11) is 0. The highest BCUT2D eigenvalue weighted by molar-refractivity contribution is 6.30. The smallest absolute Gasteiger partial charge is 0.404 e. The second kappa shape index (κ2) is 11.9. The molecule has 2 fully saturated rings. The van der Waals surface area contributed by atoms with Gasteiger partial charge in [0.25, 0.3) is 0 Å². The molecule has 43 heavy (non-hydrogen) atoms. The Bertz CT molecular complexity index is 1580. The van der Waals surface area contributed by atoms with Crippen LogP contribution in [0.4, 0.5) is 22.0 Å². The fourth-order valence-corrected chi connectivity index (χ4v) is 5.21. The lowest BCUT2D eigenvalue weighted by Crippen LogP contribution is -2.54. The number of aliphatic hydroxyl groups excluding tert-OH is 2. The molecule has 230 valence electrons. The number of alkyl halides is 3. The van der Waals surface area contributed by atoms with E-state index in [-0.39, 0.29) is 29.4 Å². The van der Waals surface area contributed by atoms with E-state index in [1.54, 1.807) is 6.92 Å². The van der Waals surface area contributed by atoms with Gasteiger partial charge in [-0.15, -0.1) is 0 Å². The Labute approximate surface area is 246 Å². The SMILES string of the molecule is CCc1cnc(C(F)(F)F)c(-n2nc(C)nc2C2OC3C(O)CO[C@@H]3C(N=C/C(=C\N)c3ccc(Cl)c(F)c3F)C2O)c1. The van der Waals surface area contributed by atoms with Gasteiger partial charge in [-0.1, -0.05) is 18.5 Å². The van der Waals surface area contributed by atoms with Gasteiger partial charge >= 0.3 is 6.18 Å². The van der Waals surface area contributed by atoms with E-state index in [9.17, 15) is 32.2 Å². The van der Waals surface area contributed by atoms with Crippen molar-refractivity contribution in [1.29, 1.82) is 0 Å². The number of pyridine rings is 1. The van der Waals surface area contributed by atoms with E-state index in [1.807, 2.05) is 0 Å². The number of rotatable bonds is 6. The highest BCUT2D eigenvalue weighted by Gasteiger charge is 2.53. The summed E-state index contributed by atoms with van der Waals surface area (Å²) >= 11 is 5.64. The Balaban J connectivity index is 1.57. The molecule has 2 aliphatic heterocycles. The average molecular weight is 629 g/mol. The number of aliphatic imine (C=N–C) groups is 1. The Hall–Kier alpha value is -3.50. The summed E-state index contributed by atoms with van der Waals surface area (Å²) < 4.78 is 83.2. The molecule has 2 aromatic heterocycles. The minimum Gasteiger partial charge on any atom is -0.404 e. The van der Waals surface area contributed by atoms with E-state index in [4.69, 9.17) is 26.8 Å². The summed E-state index contributed by atoms with van der Waals surface area (Å²) in [6, 6.07) is 2.37. The van der Waals surface area contributed by atoms with Crippen LogP contribution in [-0.2, 0) is 22.1 Å². The first-order valence-corrected chi connectivity index (χ1v) is 13.5. The zero-order valence-electron chi connectivity index (χ0n) is 22.6. The van der Waals surface area contributed by atoms with Gasteiger partial charge in [-0.25, -0.2) is 23.4 Å². The van der Waals surface area contributed by atoms with Crippen LogP contribution in [0.5, 0.6) is 0 Å². The van der Waals surface area contributed by atoms with Crippen LogP contribution in [0.25, 0.3) is 11.3 Å². The molecule has 0 amide bonds. The van der Waals surface area contributed by atoms with Crippen molar-refractivity contribution in [3.05, 3.63) is 75.7 Å². The van der Waals surface area contributed by atoms with Gasteiger partial charge in [-0.3, -0.25) is 4.99 Å². The molecule has 6 atom stereocenters. The Kier molecular flexibility index (Phi) is 8.55. The molecule has 4 heterocycles. The lowest BCUT2D eigenvalue weighted by atomic mass is 9.91. The van der Waals surface area contributed by atoms with Crippen LogP contribution in [0, 0.1) is 18.6 Å². The molecule has 10 nitrogen and oxygen atoms in total. The van der Waals surface area contributed by atoms with Gasteiger partial charge in [-0.05, 0) is 37.1 Å². The topological polar surface area (TPSA) is 141 Å². The number of nitrogens with zero attached hydrogens (tertiary/aromatic N) is 5. The fourth-order valence-electron chi connectivity index (χ4n) is 5.07. The lowest BCUT2D eigenvalue weighted by Gasteiger charge is -2.40. The molecular weight excluding hydrogens is 603 g/mol. The third kappa shape index (κ3) is 5.74. The number of aliphatic hydroxyl groups is 2. The summed E-state index contributed by atoms with van der Waals surface area (Å²) in [5.41, 5.74) is 4.15. The molecule has 0 spiro atoms. The molecule has 16 heteroatoms. The fraction of sp³-hybridized carbons (Fsp3) is 0.407. The number of hydrogen-bond donors (Lipinski definition) is 3. The van der Waals surface area contributed by atoms with Crippen molar-refractivity contribution in [3.63, 3.8) is 0 Å². The van der Waals surface area contributed by atoms with Gasteiger partial charge in [-0.2, -0.15) is 18.3 Å². The average Bonchev–Trinajstić information content (AvgIpc) is 3.54. The maximum atomic E-state index is 14.6. The molecule has 5 rings (SSSR count). The first-order valence-electron chi connectivity index (χ1n) is 13.1. The van der Waals surface area contributed by atoms with Crippen molar-refractivity contribution in [2.24, 2.45) is 10.7 Å². The van der Waals surface area contributed by atoms with Crippen LogP contribution >= 0.6 is 11.6 Å². The standard InChI is InChI=1S/C27H26ClF5N6O4/c1-3-12-6-16(25(36-8-12)27(31,32)33)39-26(37-11(2)38-39)24-21(41)20(23-22(43-24)17(40)10-42-23)35-9-13(7-34)14-4-5-15(28)19(30)18(14)29/h4-9,17,20-24,40-41H,3,10,34H2,1-2H3/b13-7+,35-9?/t17?,20?,21?,22?,23-,24?/m1/s1. The predicted molar refractivity (Wildman–Crippen MR) is 143 cm³/mol. The second-order valence-electron chi connectivity index (χ2n) is 9.98. The van der Waals surface area contributed by atoms with E-state index in [1.165, 1.54) is 19.1 Å². The highest BCUT2D eigenvalue weighted by atomic mass is 35.5. The summed E-state index contributed by atoms with van der Waals surface area (Å²) in [5, 5.41) is 25.8. The van der Waals surface area contributed by atoms with Crippen molar-refractivity contribution < 1.29 is 41.6 Å². The summed E-state index contributed by atoms with van der Waals surface area (Å²) in [6.07, 6.45) is -7.67. The van der Waals surface area contributed by atoms with Crippen molar-refractivity contribution in [2.75, 3.05) is 6.61 Å². The minimum atomic E-state index is -4.85. The first-order chi connectivity index (χ1) is 20.3. The van der Waals surface area contributed by atoms with E-state index in [2.05, 4.69) is 20.1 Å². The summed E-state index contributed by atoms with van der Waals surface area (Å²) in [5.74, 6) is -2.71. The zero-order valence-corrected chi connectivity index (χ0v) is 23.4. The highest BCUT2D eigenvalue weighted by Crippen LogP contribution is 2.40. The first kappa shape index (κ1) is 30.9. The number of hydrogen-bond acceptors (Lipinski definition) is 9. The Morgan fingerprint density at radius 3 is 2.65 bits per heavy atom. The molecule has 4 N–H and O–H groups in total. The number of benzene rings is 1. The summed E-state index contributed by atoms with van der Waals surface area (Å²) in [4.78, 5) is 12.2. The van der Waals surface area contributed by atoms with Gasteiger partial charge in [0.1, 0.15) is 42.4 Å². The molecule has 0 saturated carbocycles. The van der Waals surface area contributed by atoms with Crippen LogP contribution in [0.1, 0.15) is 41.5 Å². The number of nitrogens with two attached hydrogens (primary N) is 1. The number of ether oxygens (including phenoxy) is 2. The van der Waals surface area contributed by atoms with E-state index >= 15 is 0 Å². The normalized spacial score (nSPS) is 26.3. The molecule has 0 aliphatic carbocycles. The van der Waals surface area contributed by atoms with Crippen molar-refractivity contribution in [2.45, 2.75) is 63.0 Å². The third-order valence-electron chi connectivity index (χ3n) is 7.20. The van der Waals surface area contributed by atoms with Crippen LogP contribution in [0.2, 0.25) is 5.02 Å². The zero-order chi connectivity index (χ0) is 31.2. The Morgan fingerprint density at radius 1 is 1.23 bits per heavy atom. The van der Waals surface area contributed by atoms with Crippen LogP contribution in [-0.4, -0.2) is 73.2 Å².